The van der Waals surface area contributed by atoms with E-state index in [1.165, 1.54) is 6.42 Å². The number of hydrogen-bond donors (Lipinski definition) is 0. The molecule has 0 saturated heterocycles. The fraction of sp³-hybridized carbons (Fsp3) is 1.00. The topological polar surface area (TPSA) is 0 Å². The normalized spacial score (nSPS) is 18.3. The Hall–Kier alpha value is 0. The highest BCUT2D eigenvalue weighted by Gasteiger charge is 2.50. The molecule has 0 heteroatoms. The Morgan fingerprint density at radius 1 is 0.632 bits per heavy atom. The highest BCUT2D eigenvalue weighted by Crippen LogP contribution is 2.57. The monoisotopic (exact) mass is 268 g/mol. The highest BCUT2D eigenvalue weighted by atomic mass is 14.5. The minimum Gasteiger partial charge on any atom is -0.0649 e. The van der Waals surface area contributed by atoms with Crippen molar-refractivity contribution in [2.24, 2.45) is 33.5 Å². The first-order chi connectivity index (χ1) is 8.12. The quantitative estimate of drug-likeness (QED) is 0.514. The van der Waals surface area contributed by atoms with Gasteiger partial charge in [-0.3, -0.25) is 0 Å². The lowest BCUT2D eigenvalue weighted by atomic mass is 9.49. The van der Waals surface area contributed by atoms with Gasteiger partial charge in [0.1, 0.15) is 0 Å². The van der Waals surface area contributed by atoms with Crippen LogP contribution in [0.4, 0.5) is 0 Å². The third-order valence-electron chi connectivity index (χ3n) is 7.21. The van der Waals surface area contributed by atoms with Crippen LogP contribution >= 0.6 is 0 Å². The summed E-state index contributed by atoms with van der Waals surface area (Å²) < 4.78 is 0. The van der Waals surface area contributed by atoms with Gasteiger partial charge in [0.2, 0.25) is 0 Å². The molecule has 0 rings (SSSR count). The van der Waals surface area contributed by atoms with Crippen LogP contribution in [0.3, 0.4) is 0 Å². The molecule has 2 atom stereocenters. The van der Waals surface area contributed by atoms with Gasteiger partial charge < -0.3 is 0 Å². The van der Waals surface area contributed by atoms with E-state index in [1.54, 1.807) is 0 Å². The fourth-order valence-corrected chi connectivity index (χ4v) is 3.48. The maximum Gasteiger partial charge on any atom is -0.0269 e. The molecule has 0 aromatic heterocycles. The molecule has 0 saturated carbocycles. The average Bonchev–Trinajstić information content (AvgIpc) is 2.25. The predicted octanol–water partition coefficient (Wildman–Crippen LogP) is 6.79. The van der Waals surface area contributed by atoms with Crippen molar-refractivity contribution in [1.29, 1.82) is 0 Å². The van der Waals surface area contributed by atoms with E-state index in [1.807, 2.05) is 0 Å². The van der Waals surface area contributed by atoms with Gasteiger partial charge in [0.05, 0.1) is 0 Å². The van der Waals surface area contributed by atoms with E-state index in [0.29, 0.717) is 33.5 Å². The molecule has 0 aromatic carbocycles. The van der Waals surface area contributed by atoms with Crippen LogP contribution in [0, 0.1) is 33.5 Å². The van der Waals surface area contributed by atoms with Crippen LogP contribution in [0.5, 0.6) is 0 Å². The third-order valence-corrected chi connectivity index (χ3v) is 7.21. The van der Waals surface area contributed by atoms with E-state index >= 15 is 0 Å². The van der Waals surface area contributed by atoms with Gasteiger partial charge in [-0.25, -0.2) is 0 Å². The molecule has 19 heavy (non-hydrogen) atoms. The molecule has 0 bridgehead atoms. The van der Waals surface area contributed by atoms with Gasteiger partial charge in [0.15, 0.2) is 0 Å². The summed E-state index contributed by atoms with van der Waals surface area (Å²) in [4.78, 5) is 0. The van der Waals surface area contributed by atoms with Gasteiger partial charge in [-0.2, -0.15) is 0 Å². The molecular formula is C19H40. The van der Waals surface area contributed by atoms with Crippen molar-refractivity contribution >= 4 is 0 Å². The highest BCUT2D eigenvalue weighted by molar-refractivity contribution is 4.99. The maximum atomic E-state index is 2.48. The van der Waals surface area contributed by atoms with Crippen LogP contribution in [0.15, 0.2) is 0 Å². The molecule has 116 valence electrons. The van der Waals surface area contributed by atoms with Crippen molar-refractivity contribution in [1.82, 2.24) is 0 Å². The molecule has 0 aliphatic heterocycles. The van der Waals surface area contributed by atoms with Crippen LogP contribution < -0.4 is 0 Å². The lowest BCUT2D eigenvalue weighted by Gasteiger charge is -2.56. The molecule has 0 aliphatic rings. The van der Waals surface area contributed by atoms with Crippen molar-refractivity contribution in [3.05, 3.63) is 0 Å². The third kappa shape index (κ3) is 3.56. The van der Waals surface area contributed by atoms with E-state index in [-0.39, 0.29) is 0 Å². The first kappa shape index (κ1) is 19.0. The zero-order valence-electron chi connectivity index (χ0n) is 15.9. The summed E-state index contributed by atoms with van der Waals surface area (Å²) in [6, 6.07) is 0. The van der Waals surface area contributed by atoms with Gasteiger partial charge in [0, 0.05) is 0 Å². The maximum absolute atomic E-state index is 2.48. The Bertz CT molecular complexity index is 286. The van der Waals surface area contributed by atoms with Crippen LogP contribution in [-0.4, -0.2) is 0 Å². The molecule has 0 spiro atoms. The molecule has 0 amide bonds. The van der Waals surface area contributed by atoms with E-state index in [4.69, 9.17) is 0 Å². The van der Waals surface area contributed by atoms with E-state index in [2.05, 4.69) is 83.1 Å². The van der Waals surface area contributed by atoms with Gasteiger partial charge in [-0.05, 0) is 33.5 Å². The van der Waals surface area contributed by atoms with Crippen LogP contribution in [0.1, 0.15) is 89.5 Å². The molecule has 0 nitrogen and oxygen atoms in total. The van der Waals surface area contributed by atoms with Crippen LogP contribution in [0.2, 0.25) is 0 Å². The average molecular weight is 269 g/mol. The second kappa shape index (κ2) is 5.41. The Morgan fingerprint density at radius 2 is 0.947 bits per heavy atom. The Morgan fingerprint density at radius 3 is 1.21 bits per heavy atom. The molecule has 2 unspecified atom stereocenters. The van der Waals surface area contributed by atoms with Gasteiger partial charge >= 0.3 is 0 Å². The smallest absolute Gasteiger partial charge is 0.0269 e. The number of hydrogen-bond acceptors (Lipinski definition) is 0. The molecular weight excluding hydrogens is 228 g/mol. The lowest BCUT2D eigenvalue weighted by Crippen LogP contribution is -2.49. The fourth-order valence-electron chi connectivity index (χ4n) is 3.48. The summed E-state index contributed by atoms with van der Waals surface area (Å²) in [6.07, 6.45) is 1.25. The Balaban J connectivity index is 5.52. The zero-order valence-corrected chi connectivity index (χ0v) is 15.9. The van der Waals surface area contributed by atoms with Crippen molar-refractivity contribution < 1.29 is 0 Å². The van der Waals surface area contributed by atoms with E-state index < -0.39 is 0 Å². The first-order valence-electron chi connectivity index (χ1n) is 8.12. The van der Waals surface area contributed by atoms with E-state index in [0.717, 1.165) is 0 Å². The standard InChI is InChI=1S/C19H40/c1-13-17(7,8)15(3)19(11,12)18(9,10)14(2)16(4,5)6/h14-15H,13H2,1-12H3. The summed E-state index contributed by atoms with van der Waals surface area (Å²) in [5.41, 5.74) is 1.39. The zero-order chi connectivity index (χ0) is 15.9. The van der Waals surface area contributed by atoms with Gasteiger partial charge in [-0.15, -0.1) is 0 Å². The van der Waals surface area contributed by atoms with Gasteiger partial charge in [0.25, 0.3) is 0 Å². The number of rotatable bonds is 5. The summed E-state index contributed by atoms with van der Waals surface area (Å²) >= 11 is 0. The van der Waals surface area contributed by atoms with E-state index in [9.17, 15) is 0 Å². The summed E-state index contributed by atoms with van der Waals surface area (Å²) in [5.74, 6) is 1.38. The second-order valence-corrected chi connectivity index (χ2v) is 9.59. The van der Waals surface area contributed by atoms with Crippen LogP contribution in [0.25, 0.3) is 0 Å². The van der Waals surface area contributed by atoms with Crippen LogP contribution in [-0.2, 0) is 0 Å². The molecule has 0 heterocycles. The molecule has 0 aromatic rings. The van der Waals surface area contributed by atoms with Crippen molar-refractivity contribution in [3.8, 4) is 0 Å². The second-order valence-electron chi connectivity index (χ2n) is 9.59. The summed E-state index contributed by atoms with van der Waals surface area (Å²) in [6.45, 7) is 29.1. The molecule has 0 aliphatic carbocycles. The predicted molar refractivity (Wildman–Crippen MR) is 89.4 cm³/mol. The lowest BCUT2D eigenvalue weighted by molar-refractivity contribution is -0.0757. The largest absolute Gasteiger partial charge is 0.0649 e. The van der Waals surface area contributed by atoms with Crippen molar-refractivity contribution in [2.45, 2.75) is 89.5 Å². The summed E-state index contributed by atoms with van der Waals surface area (Å²) in [5, 5.41) is 0. The first-order valence-corrected chi connectivity index (χ1v) is 8.12. The summed E-state index contributed by atoms with van der Waals surface area (Å²) in [7, 11) is 0. The van der Waals surface area contributed by atoms with Crippen molar-refractivity contribution in [3.63, 3.8) is 0 Å². The Kier molecular flexibility index (Phi) is 5.41. The van der Waals surface area contributed by atoms with Gasteiger partial charge in [-0.1, -0.05) is 89.5 Å². The minimum absolute atomic E-state index is 0.317. The van der Waals surface area contributed by atoms with Crippen molar-refractivity contribution in [2.75, 3.05) is 0 Å². The molecule has 0 radical (unpaired) electrons. The minimum atomic E-state index is 0.317. The SMILES string of the molecule is CCC(C)(C)C(C)C(C)(C)C(C)(C)C(C)C(C)(C)C. The Labute approximate surface area is 123 Å². The molecule has 0 N–H and O–H groups in total. The molecule has 0 fully saturated rings.